The fourth-order valence-corrected chi connectivity index (χ4v) is 3.39. The number of halogens is 2. The lowest BCUT2D eigenvalue weighted by molar-refractivity contribution is 0.748. The van der Waals surface area contributed by atoms with E-state index in [4.69, 9.17) is 17.3 Å². The van der Waals surface area contributed by atoms with Gasteiger partial charge in [-0.05, 0) is 46.1 Å². The molecule has 0 radical (unpaired) electrons. The van der Waals surface area contributed by atoms with Crippen LogP contribution in [0.3, 0.4) is 0 Å². The summed E-state index contributed by atoms with van der Waals surface area (Å²) in [7, 11) is 0. The Balaban J connectivity index is 1.90. The zero-order chi connectivity index (χ0) is 13.7. The lowest BCUT2D eigenvalue weighted by Crippen LogP contribution is -2.25. The third kappa shape index (κ3) is 4.49. The average Bonchev–Trinajstić information content (AvgIpc) is 2.40. The monoisotopic (exact) mass is 356 g/mol. The van der Waals surface area contributed by atoms with E-state index in [0.717, 1.165) is 22.2 Å². The predicted octanol–water partition coefficient (Wildman–Crippen LogP) is 4.16. The van der Waals surface area contributed by atoms with Crippen LogP contribution in [0, 0.1) is 0 Å². The molecule has 0 amide bonds. The average molecular weight is 358 g/mol. The van der Waals surface area contributed by atoms with Gasteiger partial charge in [0.25, 0.3) is 0 Å². The van der Waals surface area contributed by atoms with Crippen LogP contribution in [0.5, 0.6) is 0 Å². The number of aromatic nitrogens is 1. The van der Waals surface area contributed by atoms with E-state index in [9.17, 15) is 0 Å². The molecule has 2 aromatic rings. The summed E-state index contributed by atoms with van der Waals surface area (Å²) in [5.41, 5.74) is 7.21. The van der Waals surface area contributed by atoms with Gasteiger partial charge in [0.1, 0.15) is 0 Å². The first-order valence-electron chi connectivity index (χ1n) is 5.88. The SMILES string of the molecule is NC(CSc1ccccc1Br)Cc1ccncc1Cl. The molecule has 0 bridgehead atoms. The maximum atomic E-state index is 6.16. The molecule has 0 fully saturated rings. The minimum Gasteiger partial charge on any atom is -0.327 e. The summed E-state index contributed by atoms with van der Waals surface area (Å²) in [4.78, 5) is 5.18. The van der Waals surface area contributed by atoms with Gasteiger partial charge in [-0.25, -0.2) is 0 Å². The van der Waals surface area contributed by atoms with Crippen molar-refractivity contribution < 1.29 is 0 Å². The molecule has 0 aliphatic heterocycles. The Hall–Kier alpha value is -0.550. The summed E-state index contributed by atoms with van der Waals surface area (Å²) in [5.74, 6) is 0.848. The van der Waals surface area contributed by atoms with Crippen molar-refractivity contribution in [3.8, 4) is 0 Å². The number of benzene rings is 1. The second-order valence-electron chi connectivity index (χ2n) is 4.17. The van der Waals surface area contributed by atoms with Gasteiger partial charge in [-0.1, -0.05) is 23.7 Å². The van der Waals surface area contributed by atoms with Gasteiger partial charge in [0.2, 0.25) is 0 Å². The van der Waals surface area contributed by atoms with Crippen molar-refractivity contribution in [2.45, 2.75) is 17.4 Å². The Labute approximate surface area is 130 Å². The molecule has 0 saturated heterocycles. The molecule has 2 N–H and O–H groups in total. The van der Waals surface area contributed by atoms with Crippen molar-refractivity contribution in [1.82, 2.24) is 4.98 Å². The van der Waals surface area contributed by atoms with E-state index in [1.807, 2.05) is 24.3 Å². The molecule has 19 heavy (non-hydrogen) atoms. The van der Waals surface area contributed by atoms with Crippen molar-refractivity contribution in [3.63, 3.8) is 0 Å². The number of nitrogens with two attached hydrogens (primary N) is 1. The topological polar surface area (TPSA) is 38.9 Å². The van der Waals surface area contributed by atoms with Crippen LogP contribution in [0.25, 0.3) is 0 Å². The Morgan fingerprint density at radius 3 is 2.84 bits per heavy atom. The van der Waals surface area contributed by atoms with Gasteiger partial charge in [0.05, 0.1) is 5.02 Å². The van der Waals surface area contributed by atoms with E-state index >= 15 is 0 Å². The van der Waals surface area contributed by atoms with Crippen LogP contribution < -0.4 is 5.73 Å². The summed E-state index contributed by atoms with van der Waals surface area (Å²) in [6, 6.07) is 10.1. The van der Waals surface area contributed by atoms with Crippen LogP contribution in [-0.2, 0) is 6.42 Å². The van der Waals surface area contributed by atoms with E-state index < -0.39 is 0 Å². The van der Waals surface area contributed by atoms with Gasteiger partial charge in [-0.15, -0.1) is 11.8 Å². The molecule has 5 heteroatoms. The fraction of sp³-hybridized carbons (Fsp3) is 0.214. The number of hydrogen-bond donors (Lipinski definition) is 1. The molecule has 0 aliphatic carbocycles. The maximum Gasteiger partial charge on any atom is 0.0621 e. The highest BCUT2D eigenvalue weighted by atomic mass is 79.9. The minimum absolute atomic E-state index is 0.0667. The summed E-state index contributed by atoms with van der Waals surface area (Å²) >= 11 is 11.4. The molecule has 1 aromatic heterocycles. The molecular formula is C14H14BrClN2S. The lowest BCUT2D eigenvalue weighted by atomic mass is 10.1. The molecule has 1 atom stereocenters. The van der Waals surface area contributed by atoms with Crippen LogP contribution in [0.2, 0.25) is 5.02 Å². The first-order valence-corrected chi connectivity index (χ1v) is 8.04. The molecule has 0 spiro atoms. The zero-order valence-electron chi connectivity index (χ0n) is 10.2. The van der Waals surface area contributed by atoms with Crippen molar-refractivity contribution in [2.24, 2.45) is 5.73 Å². The van der Waals surface area contributed by atoms with Gasteiger partial charge in [-0.2, -0.15) is 0 Å². The van der Waals surface area contributed by atoms with Gasteiger partial charge >= 0.3 is 0 Å². The van der Waals surface area contributed by atoms with Crippen LogP contribution in [0.1, 0.15) is 5.56 Å². The molecular weight excluding hydrogens is 344 g/mol. The van der Waals surface area contributed by atoms with Gasteiger partial charge in [0, 0.05) is 33.6 Å². The van der Waals surface area contributed by atoms with Crippen LogP contribution in [0.4, 0.5) is 0 Å². The quantitative estimate of drug-likeness (QED) is 0.817. The smallest absolute Gasteiger partial charge is 0.0621 e. The van der Waals surface area contributed by atoms with E-state index in [0.29, 0.717) is 5.02 Å². The van der Waals surface area contributed by atoms with Gasteiger partial charge < -0.3 is 5.73 Å². The molecule has 0 saturated carbocycles. The normalized spacial score (nSPS) is 12.4. The highest BCUT2D eigenvalue weighted by molar-refractivity contribution is 9.10. The second-order valence-corrected chi connectivity index (χ2v) is 6.50. The zero-order valence-corrected chi connectivity index (χ0v) is 13.4. The number of hydrogen-bond acceptors (Lipinski definition) is 3. The summed E-state index contributed by atoms with van der Waals surface area (Å²) in [6.07, 6.45) is 4.16. The minimum atomic E-state index is 0.0667. The third-order valence-corrected chi connectivity index (χ3v) is 5.18. The molecule has 1 unspecified atom stereocenters. The molecule has 2 rings (SSSR count). The number of thioether (sulfide) groups is 1. The van der Waals surface area contributed by atoms with Gasteiger partial charge in [-0.3, -0.25) is 4.98 Å². The highest BCUT2D eigenvalue weighted by Crippen LogP contribution is 2.27. The Morgan fingerprint density at radius 1 is 1.32 bits per heavy atom. The summed E-state index contributed by atoms with van der Waals surface area (Å²) < 4.78 is 1.11. The van der Waals surface area contributed by atoms with Crippen molar-refractivity contribution in [1.29, 1.82) is 0 Å². The van der Waals surface area contributed by atoms with E-state index in [1.54, 1.807) is 24.2 Å². The molecule has 1 aromatic carbocycles. The van der Waals surface area contributed by atoms with E-state index in [2.05, 4.69) is 27.0 Å². The van der Waals surface area contributed by atoms with E-state index in [1.165, 1.54) is 4.90 Å². The van der Waals surface area contributed by atoms with Crippen LogP contribution >= 0.6 is 39.3 Å². The second kappa shape index (κ2) is 7.29. The van der Waals surface area contributed by atoms with Crippen LogP contribution in [-0.4, -0.2) is 16.8 Å². The number of rotatable bonds is 5. The summed E-state index contributed by atoms with van der Waals surface area (Å²) in [5, 5.41) is 0.684. The Bertz CT molecular complexity index is 550. The molecule has 2 nitrogen and oxygen atoms in total. The van der Waals surface area contributed by atoms with Gasteiger partial charge in [0.15, 0.2) is 0 Å². The highest BCUT2D eigenvalue weighted by Gasteiger charge is 2.09. The first-order chi connectivity index (χ1) is 9.16. The standard InChI is InChI=1S/C14H14BrClN2S/c15-12-3-1-2-4-14(12)19-9-11(17)7-10-5-6-18-8-13(10)16/h1-6,8,11H,7,9,17H2. The first kappa shape index (κ1) is 14.9. The largest absolute Gasteiger partial charge is 0.327 e. The maximum absolute atomic E-state index is 6.16. The van der Waals surface area contributed by atoms with Crippen molar-refractivity contribution >= 4 is 39.3 Å². The predicted molar refractivity (Wildman–Crippen MR) is 85.8 cm³/mol. The van der Waals surface area contributed by atoms with E-state index in [-0.39, 0.29) is 6.04 Å². The van der Waals surface area contributed by atoms with Crippen LogP contribution in [0.15, 0.2) is 52.1 Å². The molecule has 0 aliphatic rings. The summed E-state index contributed by atoms with van der Waals surface area (Å²) in [6.45, 7) is 0. The van der Waals surface area contributed by atoms with Crippen molar-refractivity contribution in [2.75, 3.05) is 5.75 Å². The lowest BCUT2D eigenvalue weighted by Gasteiger charge is -2.12. The number of pyridine rings is 1. The third-order valence-electron chi connectivity index (χ3n) is 2.63. The molecule has 1 heterocycles. The Kier molecular flexibility index (Phi) is 5.70. The molecule has 100 valence electrons. The number of nitrogens with zero attached hydrogens (tertiary/aromatic N) is 1. The van der Waals surface area contributed by atoms with Crippen molar-refractivity contribution in [3.05, 3.63) is 57.8 Å². The Morgan fingerprint density at radius 2 is 2.11 bits per heavy atom. The fourth-order valence-electron chi connectivity index (χ4n) is 1.67.